The minimum Gasteiger partial charge on any atom is -0.507 e. The average Bonchev–Trinajstić information content (AvgIpc) is 2.80. The van der Waals surface area contributed by atoms with E-state index in [0.29, 0.717) is 0 Å². The third-order valence-electron chi connectivity index (χ3n) is 4.37. The van der Waals surface area contributed by atoms with Gasteiger partial charge in [0, 0.05) is 11.6 Å². The molecule has 3 rings (SSSR count). The molecule has 1 heterocycles. The van der Waals surface area contributed by atoms with Gasteiger partial charge in [-0.15, -0.1) is 0 Å². The predicted molar refractivity (Wildman–Crippen MR) is 78.8 cm³/mol. The van der Waals surface area contributed by atoms with Gasteiger partial charge in [0.1, 0.15) is 16.9 Å². The zero-order valence-electron chi connectivity index (χ0n) is 13.1. The lowest BCUT2D eigenvalue weighted by molar-refractivity contribution is -0.123. The van der Waals surface area contributed by atoms with Crippen LogP contribution < -0.4 is 9.47 Å². The van der Waals surface area contributed by atoms with Crippen LogP contribution in [0.4, 0.5) is 0 Å². The number of hydrogen-bond donors (Lipinski definition) is 3. The number of fused-ring (bicyclic) bond motifs is 3. The molecule has 122 valence electrons. The first-order chi connectivity index (χ1) is 10.8. The largest absolute Gasteiger partial charge is 0.507 e. The van der Waals surface area contributed by atoms with Gasteiger partial charge in [-0.3, -0.25) is 4.79 Å². The Morgan fingerprint density at radius 1 is 1.13 bits per heavy atom. The SMILES string of the molecule is COC1=C(O)C=C2Oc3c(OC)c(O)c(C)c(O)c3C2(C)C1=O. The second-order valence-electron chi connectivity index (χ2n) is 5.54. The number of Topliss-reactive ketones (excluding diaryl/α,β-unsaturated/α-hetero) is 1. The number of hydrogen-bond acceptors (Lipinski definition) is 7. The maximum atomic E-state index is 12.8. The van der Waals surface area contributed by atoms with Crippen molar-refractivity contribution in [2.24, 2.45) is 0 Å². The Morgan fingerprint density at radius 3 is 2.35 bits per heavy atom. The van der Waals surface area contributed by atoms with Crippen LogP contribution >= 0.6 is 0 Å². The first-order valence-electron chi connectivity index (χ1n) is 6.84. The highest BCUT2D eigenvalue weighted by molar-refractivity contribution is 6.08. The number of aliphatic hydroxyl groups excluding tert-OH is 1. The van der Waals surface area contributed by atoms with Crippen LogP contribution in [0.15, 0.2) is 23.4 Å². The molecule has 23 heavy (non-hydrogen) atoms. The Balaban J connectivity index is 2.37. The van der Waals surface area contributed by atoms with Gasteiger partial charge in [0.15, 0.2) is 17.3 Å². The Hall–Kier alpha value is -2.83. The molecule has 0 aromatic heterocycles. The highest BCUT2D eigenvalue weighted by atomic mass is 16.5. The zero-order valence-corrected chi connectivity index (χ0v) is 13.1. The van der Waals surface area contributed by atoms with Crippen molar-refractivity contribution >= 4 is 5.78 Å². The second-order valence-corrected chi connectivity index (χ2v) is 5.54. The fraction of sp³-hybridized carbons (Fsp3) is 0.312. The summed E-state index contributed by atoms with van der Waals surface area (Å²) in [6.07, 6.45) is 1.26. The molecule has 1 atom stereocenters. The van der Waals surface area contributed by atoms with Crippen molar-refractivity contribution in [1.29, 1.82) is 0 Å². The lowest BCUT2D eigenvalue weighted by atomic mass is 9.74. The van der Waals surface area contributed by atoms with E-state index in [9.17, 15) is 20.1 Å². The smallest absolute Gasteiger partial charge is 0.219 e. The van der Waals surface area contributed by atoms with Crippen molar-refractivity contribution in [2.75, 3.05) is 14.2 Å². The van der Waals surface area contributed by atoms with Gasteiger partial charge in [0.05, 0.1) is 19.8 Å². The van der Waals surface area contributed by atoms with Crippen molar-refractivity contribution in [1.82, 2.24) is 0 Å². The monoisotopic (exact) mass is 320 g/mol. The number of methoxy groups -OCH3 is 2. The molecule has 1 aromatic rings. The average molecular weight is 320 g/mol. The molecule has 0 radical (unpaired) electrons. The first kappa shape index (κ1) is 15.1. The van der Waals surface area contributed by atoms with Gasteiger partial charge in [0.2, 0.25) is 17.3 Å². The molecular weight excluding hydrogens is 304 g/mol. The number of benzene rings is 1. The molecule has 1 unspecified atom stereocenters. The van der Waals surface area contributed by atoms with Crippen molar-refractivity contribution in [3.8, 4) is 23.0 Å². The number of allylic oxidation sites excluding steroid dienone is 3. The van der Waals surface area contributed by atoms with E-state index >= 15 is 0 Å². The molecule has 0 spiro atoms. The maximum Gasteiger partial charge on any atom is 0.219 e. The van der Waals surface area contributed by atoms with E-state index < -0.39 is 11.2 Å². The number of aliphatic hydroxyl groups is 1. The molecule has 0 amide bonds. The van der Waals surface area contributed by atoms with Gasteiger partial charge in [0.25, 0.3) is 0 Å². The quantitative estimate of drug-likeness (QED) is 0.764. The van der Waals surface area contributed by atoms with Gasteiger partial charge in [-0.25, -0.2) is 0 Å². The van der Waals surface area contributed by atoms with E-state index in [1.807, 2.05) is 0 Å². The summed E-state index contributed by atoms with van der Waals surface area (Å²) in [7, 11) is 2.61. The number of carbonyl (C=O) groups excluding carboxylic acids is 1. The Kier molecular flexibility index (Phi) is 3.00. The summed E-state index contributed by atoms with van der Waals surface area (Å²) in [5.74, 6) is -1.52. The number of phenols is 2. The summed E-state index contributed by atoms with van der Waals surface area (Å²) < 4.78 is 15.8. The van der Waals surface area contributed by atoms with Gasteiger partial charge in [-0.05, 0) is 13.8 Å². The molecule has 0 saturated heterocycles. The van der Waals surface area contributed by atoms with E-state index in [4.69, 9.17) is 14.2 Å². The second kappa shape index (κ2) is 4.58. The summed E-state index contributed by atoms with van der Waals surface area (Å²) in [6.45, 7) is 3.05. The minimum absolute atomic E-state index is 0.0121. The van der Waals surface area contributed by atoms with Crippen molar-refractivity contribution in [2.45, 2.75) is 19.3 Å². The molecule has 1 aliphatic carbocycles. The summed E-state index contributed by atoms with van der Waals surface area (Å²) in [6, 6.07) is 0. The van der Waals surface area contributed by atoms with Crippen molar-refractivity contribution < 1.29 is 34.3 Å². The summed E-state index contributed by atoms with van der Waals surface area (Å²) >= 11 is 0. The highest BCUT2D eigenvalue weighted by Crippen LogP contribution is 2.60. The van der Waals surface area contributed by atoms with Crippen molar-refractivity contribution in [3.63, 3.8) is 0 Å². The molecular formula is C16H16O7. The Bertz CT molecular complexity index is 803. The topological polar surface area (TPSA) is 105 Å². The molecule has 7 heteroatoms. The number of phenolic OH excluding ortho intramolecular Hbond substituents is 2. The van der Waals surface area contributed by atoms with E-state index in [1.165, 1.54) is 27.2 Å². The van der Waals surface area contributed by atoms with Crippen LogP contribution in [0.2, 0.25) is 0 Å². The van der Waals surface area contributed by atoms with E-state index in [-0.39, 0.29) is 51.4 Å². The third kappa shape index (κ3) is 1.61. The van der Waals surface area contributed by atoms with Crippen LogP contribution in [0.1, 0.15) is 18.1 Å². The predicted octanol–water partition coefficient (Wildman–Crippen LogP) is 1.95. The number of ketones is 1. The fourth-order valence-corrected chi connectivity index (χ4v) is 3.01. The molecule has 7 nitrogen and oxygen atoms in total. The number of ether oxygens (including phenoxy) is 3. The number of rotatable bonds is 2. The van der Waals surface area contributed by atoms with Crippen LogP contribution in [0.3, 0.4) is 0 Å². The van der Waals surface area contributed by atoms with Crippen LogP contribution in [0, 0.1) is 6.92 Å². The van der Waals surface area contributed by atoms with Crippen LogP contribution in [0.5, 0.6) is 23.0 Å². The normalized spacial score (nSPS) is 22.3. The Labute approximate surface area is 132 Å². The highest BCUT2D eigenvalue weighted by Gasteiger charge is 2.55. The molecule has 0 fully saturated rings. The summed E-state index contributed by atoms with van der Waals surface area (Å²) in [5, 5.41) is 30.5. The fourth-order valence-electron chi connectivity index (χ4n) is 3.01. The lowest BCUT2D eigenvalue weighted by Crippen LogP contribution is -2.37. The van der Waals surface area contributed by atoms with Crippen LogP contribution in [-0.2, 0) is 14.9 Å². The minimum atomic E-state index is -1.39. The summed E-state index contributed by atoms with van der Waals surface area (Å²) in [4.78, 5) is 12.8. The van der Waals surface area contributed by atoms with Crippen LogP contribution in [0.25, 0.3) is 0 Å². The van der Waals surface area contributed by atoms with E-state index in [1.54, 1.807) is 6.92 Å². The Morgan fingerprint density at radius 2 is 1.78 bits per heavy atom. The lowest BCUT2D eigenvalue weighted by Gasteiger charge is -2.27. The number of aromatic hydroxyl groups is 2. The summed E-state index contributed by atoms with van der Waals surface area (Å²) in [5.41, 5.74) is -1.05. The molecule has 2 aliphatic rings. The van der Waals surface area contributed by atoms with Gasteiger partial charge in [-0.2, -0.15) is 0 Å². The maximum absolute atomic E-state index is 12.8. The molecule has 0 bridgehead atoms. The zero-order chi connectivity index (χ0) is 17.1. The van der Waals surface area contributed by atoms with E-state index in [0.717, 1.165) is 0 Å². The molecule has 3 N–H and O–H groups in total. The molecule has 0 saturated carbocycles. The first-order valence-corrected chi connectivity index (χ1v) is 6.84. The van der Waals surface area contributed by atoms with Gasteiger partial charge in [-0.1, -0.05) is 0 Å². The third-order valence-corrected chi connectivity index (χ3v) is 4.37. The van der Waals surface area contributed by atoms with E-state index in [2.05, 4.69) is 0 Å². The standard InChI is InChI=1S/C16H16O7/c1-6-10(18)9-13(14(22-4)11(6)19)23-8-5-7(17)12(21-3)15(20)16(8,9)2/h5,17-19H,1-4H3. The van der Waals surface area contributed by atoms with Crippen molar-refractivity contribution in [3.05, 3.63) is 34.5 Å². The molecule has 1 aliphatic heterocycles. The molecule has 1 aromatic carbocycles. The van der Waals surface area contributed by atoms with Crippen LogP contribution in [-0.4, -0.2) is 35.3 Å². The van der Waals surface area contributed by atoms with Gasteiger partial charge < -0.3 is 29.5 Å². The van der Waals surface area contributed by atoms with Gasteiger partial charge >= 0.3 is 0 Å². The number of carbonyl (C=O) groups is 1.